The number of azo groups is 1. The number of hydrogen-bond donors (Lipinski definition) is 0. The first-order chi connectivity index (χ1) is 4.11. The monoisotopic (exact) mass is 138 g/mol. The van der Waals surface area contributed by atoms with Gasteiger partial charge < -0.3 is 0 Å². The van der Waals surface area contributed by atoms with Crippen LogP contribution in [0, 0.1) is 0 Å². The van der Waals surface area contributed by atoms with Crippen LogP contribution in [0.25, 0.3) is 0 Å². The zero-order valence-corrected chi connectivity index (χ0v) is 4.52. The lowest BCUT2D eigenvalue weighted by molar-refractivity contribution is -0.146. The molecule has 0 aromatic heterocycles. The minimum atomic E-state index is -4.18. The normalized spacial score (nSPS) is 27.2. The van der Waals surface area contributed by atoms with Crippen LogP contribution in [0.1, 0.15) is 6.42 Å². The highest BCUT2D eigenvalue weighted by molar-refractivity contribution is 4.77. The summed E-state index contributed by atoms with van der Waals surface area (Å²) in [6.07, 6.45) is -4.16. The number of nitrogens with zero attached hydrogens (tertiary/aromatic N) is 2. The molecular formula is C4H5F3N2. The van der Waals surface area contributed by atoms with Crippen LogP contribution >= 0.6 is 0 Å². The number of halogens is 3. The lowest BCUT2D eigenvalue weighted by Crippen LogP contribution is -2.24. The first-order valence-corrected chi connectivity index (χ1v) is 2.54. The molecule has 0 saturated carbocycles. The Balaban J connectivity index is 2.53. The Morgan fingerprint density at radius 2 is 2.00 bits per heavy atom. The quantitative estimate of drug-likeness (QED) is 0.487. The molecule has 1 heterocycles. The van der Waals surface area contributed by atoms with Crippen molar-refractivity contribution in [1.82, 2.24) is 0 Å². The molecule has 0 bridgehead atoms. The zero-order valence-electron chi connectivity index (χ0n) is 4.52. The molecule has 1 atom stereocenters. The van der Waals surface area contributed by atoms with Gasteiger partial charge in [-0.3, -0.25) is 0 Å². The van der Waals surface area contributed by atoms with Crippen LogP contribution in [0.5, 0.6) is 0 Å². The van der Waals surface area contributed by atoms with Crippen LogP contribution in [-0.2, 0) is 0 Å². The second-order valence-electron chi connectivity index (χ2n) is 1.83. The van der Waals surface area contributed by atoms with E-state index in [0.29, 0.717) is 0 Å². The van der Waals surface area contributed by atoms with Gasteiger partial charge in [-0.05, 0) is 0 Å². The van der Waals surface area contributed by atoms with E-state index in [2.05, 4.69) is 10.2 Å². The highest BCUT2D eigenvalue weighted by Crippen LogP contribution is 2.28. The van der Waals surface area contributed by atoms with Gasteiger partial charge in [0.2, 0.25) is 0 Å². The van der Waals surface area contributed by atoms with Crippen LogP contribution in [0.2, 0.25) is 0 Å². The molecule has 52 valence electrons. The highest BCUT2D eigenvalue weighted by atomic mass is 19.4. The fourth-order valence-corrected chi connectivity index (χ4v) is 0.623. The molecule has 9 heavy (non-hydrogen) atoms. The van der Waals surface area contributed by atoms with E-state index in [9.17, 15) is 13.2 Å². The average Bonchev–Trinajstić information content (AvgIpc) is 2.08. The van der Waals surface area contributed by atoms with Gasteiger partial charge in [0.15, 0.2) is 6.04 Å². The summed E-state index contributed by atoms with van der Waals surface area (Å²) in [5.41, 5.74) is 0. The summed E-state index contributed by atoms with van der Waals surface area (Å²) in [5, 5.41) is 6.24. The van der Waals surface area contributed by atoms with E-state index in [4.69, 9.17) is 0 Å². The number of alkyl halides is 3. The van der Waals surface area contributed by atoms with E-state index in [1.165, 1.54) is 0 Å². The van der Waals surface area contributed by atoms with Crippen molar-refractivity contribution in [2.24, 2.45) is 10.2 Å². The van der Waals surface area contributed by atoms with Crippen molar-refractivity contribution >= 4 is 0 Å². The van der Waals surface area contributed by atoms with Crippen molar-refractivity contribution in [1.29, 1.82) is 0 Å². The SMILES string of the molecule is FC(F)(F)C1CCN=N1. The van der Waals surface area contributed by atoms with Crippen molar-refractivity contribution in [3.63, 3.8) is 0 Å². The Hall–Kier alpha value is -0.610. The molecule has 5 heteroatoms. The van der Waals surface area contributed by atoms with E-state index in [1.54, 1.807) is 0 Å². The van der Waals surface area contributed by atoms with Crippen molar-refractivity contribution < 1.29 is 13.2 Å². The molecule has 1 rings (SSSR count). The summed E-state index contributed by atoms with van der Waals surface area (Å²) < 4.78 is 34.8. The maximum atomic E-state index is 11.6. The zero-order chi connectivity index (χ0) is 6.91. The molecule has 0 radical (unpaired) electrons. The minimum Gasteiger partial charge on any atom is -0.193 e. The Morgan fingerprint density at radius 3 is 2.22 bits per heavy atom. The summed E-state index contributed by atoms with van der Waals surface area (Å²) in [5.74, 6) is 0. The summed E-state index contributed by atoms with van der Waals surface area (Å²) in [7, 11) is 0. The van der Waals surface area contributed by atoms with Crippen LogP contribution in [0.15, 0.2) is 10.2 Å². The van der Waals surface area contributed by atoms with E-state index >= 15 is 0 Å². The average molecular weight is 138 g/mol. The van der Waals surface area contributed by atoms with Crippen LogP contribution in [0.3, 0.4) is 0 Å². The fraction of sp³-hybridized carbons (Fsp3) is 1.00. The topological polar surface area (TPSA) is 24.7 Å². The largest absolute Gasteiger partial charge is 0.412 e. The lowest BCUT2D eigenvalue weighted by Gasteiger charge is -2.08. The molecule has 0 saturated heterocycles. The first kappa shape index (κ1) is 6.51. The smallest absolute Gasteiger partial charge is 0.193 e. The van der Waals surface area contributed by atoms with E-state index in [-0.39, 0.29) is 13.0 Å². The van der Waals surface area contributed by atoms with Gasteiger partial charge in [-0.2, -0.15) is 23.4 Å². The van der Waals surface area contributed by atoms with Crippen LogP contribution in [0.4, 0.5) is 13.2 Å². The molecule has 0 aliphatic carbocycles. The van der Waals surface area contributed by atoms with Gasteiger partial charge in [-0.1, -0.05) is 0 Å². The molecular weight excluding hydrogens is 133 g/mol. The van der Waals surface area contributed by atoms with Gasteiger partial charge in [-0.15, -0.1) is 0 Å². The summed E-state index contributed by atoms with van der Waals surface area (Å²) in [6, 6.07) is -1.53. The molecule has 0 fully saturated rings. The lowest BCUT2D eigenvalue weighted by atomic mass is 10.2. The third-order valence-corrected chi connectivity index (χ3v) is 1.10. The van der Waals surface area contributed by atoms with Crippen molar-refractivity contribution in [2.45, 2.75) is 18.6 Å². The molecule has 0 spiro atoms. The molecule has 1 unspecified atom stereocenters. The Labute approximate surface area is 49.8 Å². The molecule has 2 nitrogen and oxygen atoms in total. The second kappa shape index (κ2) is 1.97. The van der Waals surface area contributed by atoms with E-state index in [0.717, 1.165) is 0 Å². The summed E-state index contributed by atoms with van der Waals surface area (Å²) in [6.45, 7) is 0.212. The van der Waals surface area contributed by atoms with Gasteiger partial charge in [0.05, 0.1) is 6.54 Å². The third kappa shape index (κ3) is 1.40. The van der Waals surface area contributed by atoms with Crippen molar-refractivity contribution in [2.75, 3.05) is 6.54 Å². The second-order valence-corrected chi connectivity index (χ2v) is 1.83. The molecule has 1 aliphatic rings. The predicted octanol–water partition coefficient (Wildman–Crippen LogP) is 1.77. The third-order valence-electron chi connectivity index (χ3n) is 1.10. The van der Waals surface area contributed by atoms with Gasteiger partial charge in [0.25, 0.3) is 0 Å². The van der Waals surface area contributed by atoms with Crippen molar-refractivity contribution in [3.05, 3.63) is 0 Å². The molecule has 0 aromatic rings. The van der Waals surface area contributed by atoms with Gasteiger partial charge >= 0.3 is 6.18 Å². The number of rotatable bonds is 0. The summed E-state index contributed by atoms with van der Waals surface area (Å²) in [4.78, 5) is 0. The van der Waals surface area contributed by atoms with Crippen molar-refractivity contribution in [3.8, 4) is 0 Å². The highest BCUT2D eigenvalue weighted by Gasteiger charge is 2.41. The number of hydrogen-bond acceptors (Lipinski definition) is 2. The van der Waals surface area contributed by atoms with Crippen LogP contribution < -0.4 is 0 Å². The summed E-state index contributed by atoms with van der Waals surface area (Å²) >= 11 is 0. The standard InChI is InChI=1S/C4H5F3N2/c5-4(6,7)3-1-2-8-9-3/h3H,1-2H2. The van der Waals surface area contributed by atoms with Crippen LogP contribution in [-0.4, -0.2) is 18.8 Å². The van der Waals surface area contributed by atoms with E-state index < -0.39 is 12.2 Å². The Kier molecular flexibility index (Phi) is 1.42. The predicted molar refractivity (Wildman–Crippen MR) is 24.2 cm³/mol. The minimum absolute atomic E-state index is 0.0174. The first-order valence-electron chi connectivity index (χ1n) is 2.54. The molecule has 1 aliphatic heterocycles. The molecule has 0 aromatic carbocycles. The molecule has 0 N–H and O–H groups in total. The fourth-order valence-electron chi connectivity index (χ4n) is 0.623. The molecule has 0 amide bonds. The maximum Gasteiger partial charge on any atom is 0.412 e. The van der Waals surface area contributed by atoms with Gasteiger partial charge in [0, 0.05) is 6.42 Å². The Bertz CT molecular complexity index is 128. The Morgan fingerprint density at radius 1 is 1.33 bits per heavy atom. The van der Waals surface area contributed by atoms with E-state index in [1.807, 2.05) is 0 Å². The van der Waals surface area contributed by atoms with Gasteiger partial charge in [-0.25, -0.2) is 0 Å². The van der Waals surface area contributed by atoms with Gasteiger partial charge in [0.1, 0.15) is 0 Å². The maximum absolute atomic E-state index is 11.6.